The minimum absolute atomic E-state index is 0.131. The number of benzene rings is 2. The lowest BCUT2D eigenvalue weighted by Crippen LogP contribution is -2.27. The molecule has 7 rings (SSSR count). The normalized spacial score (nSPS) is 17.4. The third kappa shape index (κ3) is 16.7. The van der Waals surface area contributed by atoms with Crippen LogP contribution in [0.5, 0.6) is 5.75 Å². The SMILES string of the molecule is CC(C)OC(=O)[C@H](C)O[P@](=O)(CO[C@H](C)Cn1cnc2c(N)ncnc21)Oc1ccccc1.Nc1ncnc2c1ncn2CCOCP1(=O)OCCC(c2cccc(Cl)c2)O1.O=CO/C=C/C(=O)O. The number of aliphatic carboxylic acids is 1. The first-order valence-electron chi connectivity index (χ1n) is 20.9. The van der Waals surface area contributed by atoms with E-state index >= 15 is 0 Å². The van der Waals surface area contributed by atoms with E-state index in [-0.39, 0.29) is 43.8 Å². The lowest BCUT2D eigenvalue weighted by atomic mass is 10.1. The number of rotatable bonds is 20. The standard InChI is InChI=1S/C21H28N5O6P.C17H19ClN5O4P.C4H4O4/c1-14(2)30-21(27)16(4)31-33(28,32-17-8-6-5-7-9-17)13-29-15(3)10-26-12-25-18-19(22)23-11-24-20(18)26;18-13-3-1-2-12(8-13)14-4-6-26-28(24,27-14)11-25-7-5-23-10-22-15-16(19)20-9-21-17(15)23;5-3-8-2-1-4(6)7/h5-9,11-12,14-16H,10,13H2,1-4H3,(H2,22,23,24);1-3,8-10,14H,4-7,11H2,(H2,19,20,21);1-3H,(H,6,7)/b;;2-1+/t15-,16+,33-;;/m1../s1. The Morgan fingerprint density at radius 3 is 2.26 bits per heavy atom. The molecule has 5 atom stereocenters. The predicted octanol–water partition coefficient (Wildman–Crippen LogP) is 6.56. The van der Waals surface area contributed by atoms with Crippen LogP contribution in [0.15, 0.2) is 92.2 Å². The number of carbonyl (C=O) groups excluding carboxylic acids is 2. The molecule has 1 aliphatic heterocycles. The fourth-order valence-electron chi connectivity index (χ4n) is 6.02. The summed E-state index contributed by atoms with van der Waals surface area (Å²) in [5.41, 5.74) is 14.7. The fraction of sp³-hybridized carbons (Fsp3) is 0.357. The lowest BCUT2D eigenvalue weighted by molar-refractivity contribution is -0.155. The molecule has 69 heavy (non-hydrogen) atoms. The van der Waals surface area contributed by atoms with Crippen molar-refractivity contribution in [2.24, 2.45) is 0 Å². The second-order valence-corrected chi connectivity index (χ2v) is 19.1. The van der Waals surface area contributed by atoms with Crippen molar-refractivity contribution in [3.8, 4) is 5.75 Å². The second-order valence-electron chi connectivity index (χ2n) is 14.8. The Labute approximate surface area is 400 Å². The Bertz CT molecular complexity index is 2760. The minimum Gasteiger partial charge on any atom is -0.478 e. The van der Waals surface area contributed by atoms with Gasteiger partial charge < -0.3 is 53.7 Å². The zero-order chi connectivity index (χ0) is 50.0. The number of aromatic nitrogens is 8. The van der Waals surface area contributed by atoms with Gasteiger partial charge in [-0.2, -0.15) is 0 Å². The topological polar surface area (TPSA) is 319 Å². The van der Waals surface area contributed by atoms with E-state index < -0.39 is 39.3 Å². The molecule has 0 bridgehead atoms. The van der Waals surface area contributed by atoms with Crippen molar-refractivity contribution in [3.05, 3.63) is 103 Å². The van der Waals surface area contributed by atoms with Crippen molar-refractivity contribution in [1.29, 1.82) is 0 Å². The highest BCUT2D eigenvalue weighted by Crippen LogP contribution is 2.56. The number of nitrogens with two attached hydrogens (primary N) is 2. The van der Waals surface area contributed by atoms with Crippen LogP contribution in [0.3, 0.4) is 0 Å². The average Bonchev–Trinajstić information content (AvgIpc) is 3.93. The zero-order valence-electron chi connectivity index (χ0n) is 37.8. The number of hydrogen-bond acceptors (Lipinski definition) is 21. The molecular formula is C42H51ClN10O14P2. The van der Waals surface area contributed by atoms with Gasteiger partial charge in [0.05, 0.1) is 56.8 Å². The third-order valence-corrected chi connectivity index (χ3v) is 12.5. The van der Waals surface area contributed by atoms with Crippen molar-refractivity contribution in [2.75, 3.05) is 37.4 Å². The summed E-state index contributed by atoms with van der Waals surface area (Å²) in [6.07, 6.45) is 5.32. The first-order chi connectivity index (χ1) is 33.0. The molecular weight excluding hydrogens is 966 g/mol. The Hall–Kier alpha value is -6.36. The average molecular weight is 1020 g/mol. The van der Waals surface area contributed by atoms with Gasteiger partial charge in [-0.1, -0.05) is 41.9 Å². The molecule has 0 spiro atoms. The monoisotopic (exact) mass is 1020 g/mol. The van der Waals surface area contributed by atoms with Gasteiger partial charge in [0.2, 0.25) is 0 Å². The second kappa shape index (κ2) is 25.8. The third-order valence-electron chi connectivity index (χ3n) is 9.07. The van der Waals surface area contributed by atoms with Gasteiger partial charge in [-0.15, -0.1) is 0 Å². The molecule has 370 valence electrons. The van der Waals surface area contributed by atoms with Crippen molar-refractivity contribution in [3.63, 3.8) is 0 Å². The summed E-state index contributed by atoms with van der Waals surface area (Å²) < 4.78 is 72.7. The molecule has 0 saturated carbocycles. The molecule has 0 aliphatic carbocycles. The van der Waals surface area contributed by atoms with Crippen molar-refractivity contribution < 1.29 is 65.7 Å². The molecule has 0 radical (unpaired) electrons. The first-order valence-corrected chi connectivity index (χ1v) is 24.7. The van der Waals surface area contributed by atoms with Crippen LogP contribution in [0.1, 0.15) is 45.8 Å². The Kier molecular flexibility index (Phi) is 20.1. The summed E-state index contributed by atoms with van der Waals surface area (Å²) in [4.78, 5) is 55.7. The van der Waals surface area contributed by atoms with E-state index in [4.69, 9.17) is 60.5 Å². The molecule has 5 heterocycles. The molecule has 1 saturated heterocycles. The number of nitrogen functional groups attached to an aromatic ring is 2. The van der Waals surface area contributed by atoms with Crippen LogP contribution in [-0.2, 0) is 69.1 Å². The van der Waals surface area contributed by atoms with Crippen LogP contribution >= 0.6 is 26.8 Å². The Balaban J connectivity index is 0.000000224. The van der Waals surface area contributed by atoms with Crippen molar-refractivity contribution in [2.45, 2.75) is 71.6 Å². The molecule has 5 N–H and O–H groups in total. The zero-order valence-corrected chi connectivity index (χ0v) is 40.3. The van der Waals surface area contributed by atoms with Crippen molar-refractivity contribution >= 4 is 79.2 Å². The van der Waals surface area contributed by atoms with Gasteiger partial charge in [0.1, 0.15) is 42.0 Å². The first kappa shape index (κ1) is 53.6. The number of esters is 1. The van der Waals surface area contributed by atoms with Gasteiger partial charge in [0.15, 0.2) is 35.4 Å². The number of hydrogen-bond donors (Lipinski definition) is 3. The number of halogens is 1. The summed E-state index contributed by atoms with van der Waals surface area (Å²) >= 11 is 6.03. The molecule has 2 aromatic carbocycles. The number of anilines is 2. The molecule has 0 amide bonds. The largest absolute Gasteiger partial charge is 0.478 e. The predicted molar refractivity (Wildman–Crippen MR) is 250 cm³/mol. The molecule has 6 aromatic rings. The number of fused-ring (bicyclic) bond motifs is 2. The van der Waals surface area contributed by atoms with Gasteiger partial charge in [-0.3, -0.25) is 18.4 Å². The number of nitrogens with zero attached hydrogens (tertiary/aromatic N) is 8. The number of carboxylic acids is 1. The highest BCUT2D eigenvalue weighted by Gasteiger charge is 2.36. The van der Waals surface area contributed by atoms with E-state index in [1.54, 1.807) is 85.0 Å². The van der Waals surface area contributed by atoms with Crippen LogP contribution in [0.25, 0.3) is 22.3 Å². The maximum absolute atomic E-state index is 13.5. The van der Waals surface area contributed by atoms with Gasteiger partial charge >= 0.3 is 27.1 Å². The van der Waals surface area contributed by atoms with Crippen molar-refractivity contribution in [1.82, 2.24) is 39.0 Å². The van der Waals surface area contributed by atoms with Gasteiger partial charge in [-0.25, -0.2) is 44.1 Å². The highest BCUT2D eigenvalue weighted by molar-refractivity contribution is 7.54. The number of imidazole rings is 2. The summed E-state index contributed by atoms with van der Waals surface area (Å²) in [7, 11) is -7.24. The fourth-order valence-corrected chi connectivity index (χ4v) is 9.37. The van der Waals surface area contributed by atoms with Crippen LogP contribution < -0.4 is 16.0 Å². The smallest absolute Gasteiger partial charge is 0.405 e. The maximum Gasteiger partial charge on any atom is 0.405 e. The number of ether oxygens (including phenoxy) is 4. The Morgan fingerprint density at radius 1 is 0.957 bits per heavy atom. The van der Waals surface area contributed by atoms with Gasteiger partial charge in [0, 0.05) is 18.0 Å². The highest BCUT2D eigenvalue weighted by atomic mass is 35.5. The summed E-state index contributed by atoms with van der Waals surface area (Å²) in [6.45, 7) is 8.25. The number of para-hydroxylation sites is 1. The van der Waals surface area contributed by atoms with E-state index in [9.17, 15) is 23.5 Å². The molecule has 4 aromatic heterocycles. The maximum atomic E-state index is 13.5. The van der Waals surface area contributed by atoms with Crippen LogP contribution in [-0.4, -0.2) is 107 Å². The van der Waals surface area contributed by atoms with Crippen LogP contribution in [0.4, 0.5) is 11.6 Å². The molecule has 1 aliphatic rings. The minimum atomic E-state index is -3.89. The molecule has 27 heteroatoms. The van der Waals surface area contributed by atoms with E-state index in [2.05, 4.69) is 34.6 Å². The van der Waals surface area contributed by atoms with Gasteiger partial charge in [0.25, 0.3) is 6.47 Å². The van der Waals surface area contributed by atoms with E-state index in [0.717, 1.165) is 11.8 Å². The van der Waals surface area contributed by atoms with Gasteiger partial charge in [-0.05, 0) is 57.5 Å². The van der Waals surface area contributed by atoms with Crippen LogP contribution in [0, 0.1) is 0 Å². The van der Waals surface area contributed by atoms with E-state index in [0.29, 0.717) is 71.1 Å². The number of carboxylic acid groups (broad SMARTS) is 1. The quantitative estimate of drug-likeness (QED) is 0.0182. The van der Waals surface area contributed by atoms with E-state index in [1.165, 1.54) is 19.6 Å². The summed E-state index contributed by atoms with van der Waals surface area (Å²) in [6, 6.07) is 15.9. The number of carbonyl (C=O) groups is 3. The summed E-state index contributed by atoms with van der Waals surface area (Å²) in [5.74, 6) is -0.854. The summed E-state index contributed by atoms with van der Waals surface area (Å²) in [5, 5.41) is 8.46. The Morgan fingerprint density at radius 2 is 1.62 bits per heavy atom. The lowest BCUT2D eigenvalue weighted by Gasteiger charge is -2.30. The van der Waals surface area contributed by atoms with Crippen LogP contribution in [0.2, 0.25) is 5.02 Å². The molecule has 24 nitrogen and oxygen atoms in total. The van der Waals surface area contributed by atoms with E-state index in [1.807, 2.05) is 12.1 Å². The molecule has 2 unspecified atom stereocenters. The molecule has 1 fully saturated rings.